The van der Waals surface area contributed by atoms with Gasteiger partial charge < -0.3 is 5.73 Å². The van der Waals surface area contributed by atoms with E-state index in [0.717, 1.165) is 49.0 Å². The van der Waals surface area contributed by atoms with Crippen LogP contribution in [-0.4, -0.2) is 0 Å². The largest absolute Gasteiger partial charge is 0.326 e. The number of nitriles is 1. The molecule has 0 saturated heterocycles. The first kappa shape index (κ1) is 106. The molecule has 2 N–H and O–H groups in total. The zero-order valence-corrected chi connectivity index (χ0v) is 74.4. The zero-order chi connectivity index (χ0) is 84.5. The van der Waals surface area contributed by atoms with E-state index in [2.05, 4.69) is 223 Å². The Labute approximate surface area is 704 Å². The first-order valence-corrected chi connectivity index (χ1v) is 38.7. The number of nitrogens with zero attached hydrogens (tertiary/aromatic N) is 1. The third-order valence-electron chi connectivity index (χ3n) is 16.9. The molecule has 0 aliphatic carbocycles. The van der Waals surface area contributed by atoms with Crippen LogP contribution in [0.5, 0.6) is 0 Å². The standard InChI is InChI=1S/C9H13N.C9H9N.C9H12.2C8H9Br.2C8H9Cl.2C8H8F2.2C8H9F.C8H10.2CH4/c2*1-7-3-4-8(2)9(5-7)6-10;1-7-4-5-8(2)9(3)6-7;4*1-6-3-4-7(2)8(9)5-6;1-5-3-8(10)6(2)4-7(5)9;1-5-3-7(9)6(2)8(10)4-5;2*1-6-3-4-7(2)8(9)5-6;1-7-3-5-8(2)6-4-7;;/h3-5H,6,10H2,1-2H3;3-5H,1-2H3;4-6H,1-3H3;4*3-5H,1-2H3;2*3-4H,1-2H3;2*3-5H,1-2H3;3-6H,1-2H3;2*1H4. The van der Waals surface area contributed by atoms with Crippen LogP contribution >= 0.6 is 55.1 Å². The Balaban J connectivity index is 0. The van der Waals surface area contributed by atoms with Crippen molar-refractivity contribution in [2.75, 3.05) is 0 Å². The van der Waals surface area contributed by atoms with E-state index in [1.807, 2.05) is 110 Å². The summed E-state index contributed by atoms with van der Waals surface area (Å²) in [6.07, 6.45) is 0. The van der Waals surface area contributed by atoms with Gasteiger partial charge in [0, 0.05) is 31.1 Å². The summed E-state index contributed by atoms with van der Waals surface area (Å²) >= 11 is 18.5. The van der Waals surface area contributed by atoms with Crippen LogP contribution in [0.25, 0.3) is 0 Å². The maximum atomic E-state index is 12.6. The van der Waals surface area contributed by atoms with Crippen molar-refractivity contribution in [3.63, 3.8) is 0 Å². The van der Waals surface area contributed by atoms with E-state index in [4.69, 9.17) is 34.2 Å². The van der Waals surface area contributed by atoms with Gasteiger partial charge >= 0.3 is 0 Å². The van der Waals surface area contributed by atoms with Crippen LogP contribution in [0, 0.1) is 219 Å². The highest BCUT2D eigenvalue weighted by atomic mass is 79.9. The molecule has 113 heavy (non-hydrogen) atoms. The molecule has 606 valence electrons. The molecule has 0 aliphatic rings. The molecule has 0 saturated carbocycles. The van der Waals surface area contributed by atoms with Crippen molar-refractivity contribution in [1.29, 1.82) is 5.26 Å². The SMILES string of the molecule is C.C.Cc1cc(F)c(C)c(F)c1.Cc1cc(F)c(C)cc1F.Cc1ccc(C)c(Br)c1.Cc1ccc(C)c(Br)c1.Cc1ccc(C)c(C#N)c1.Cc1ccc(C)c(C)c1.Cc1ccc(C)c(CN)c1.Cc1ccc(C)c(Cl)c1.Cc1ccc(C)c(Cl)c1.Cc1ccc(C)c(F)c1.Cc1ccc(C)c(F)c1.Cc1ccc(C)cc1. The van der Waals surface area contributed by atoms with Gasteiger partial charge in [0.25, 0.3) is 0 Å². The van der Waals surface area contributed by atoms with E-state index in [9.17, 15) is 26.3 Å². The summed E-state index contributed by atoms with van der Waals surface area (Å²) in [7, 11) is 0. The number of aryl methyl sites for hydroxylation is 24. The van der Waals surface area contributed by atoms with Crippen molar-refractivity contribution >= 4 is 55.1 Å². The molecule has 2 nitrogen and oxygen atoms in total. The summed E-state index contributed by atoms with van der Waals surface area (Å²) < 4.78 is 77.9. The van der Waals surface area contributed by atoms with Crippen LogP contribution in [0.4, 0.5) is 26.3 Å². The Kier molecular flexibility index (Phi) is 52.3. The van der Waals surface area contributed by atoms with E-state index in [-0.39, 0.29) is 43.7 Å². The lowest BCUT2D eigenvalue weighted by Crippen LogP contribution is -1.98. The summed E-state index contributed by atoms with van der Waals surface area (Å²) in [6, 6.07) is 69.6. The van der Waals surface area contributed by atoms with Crippen LogP contribution in [0.15, 0.2) is 221 Å². The molecule has 0 bridgehead atoms. The minimum absolute atomic E-state index is 0. The molecule has 0 radical (unpaired) electrons. The Morgan fingerprint density at radius 2 is 0.513 bits per heavy atom. The van der Waals surface area contributed by atoms with Gasteiger partial charge in [0.2, 0.25) is 0 Å². The van der Waals surface area contributed by atoms with Gasteiger partial charge in [-0.1, -0.05) is 238 Å². The molecule has 0 unspecified atom stereocenters. The molecule has 0 spiro atoms. The maximum absolute atomic E-state index is 12.6. The number of halogens is 10. The van der Waals surface area contributed by atoms with E-state index in [1.165, 1.54) is 144 Å². The molecule has 12 aromatic rings. The fourth-order valence-electron chi connectivity index (χ4n) is 9.11. The second kappa shape index (κ2) is 55.6. The highest BCUT2D eigenvalue weighted by molar-refractivity contribution is 9.10. The van der Waals surface area contributed by atoms with Gasteiger partial charge in [-0.3, -0.25) is 0 Å². The van der Waals surface area contributed by atoms with Crippen molar-refractivity contribution in [3.8, 4) is 6.07 Å². The van der Waals surface area contributed by atoms with Gasteiger partial charge in [0.1, 0.15) is 34.9 Å². The van der Waals surface area contributed by atoms with E-state index >= 15 is 0 Å². The van der Waals surface area contributed by atoms with Crippen LogP contribution in [0.2, 0.25) is 10.0 Å². The van der Waals surface area contributed by atoms with Crippen molar-refractivity contribution in [2.45, 2.75) is 194 Å². The fraction of sp³-hybridized carbons (Fsp3) is 0.277. The molecule has 0 aromatic heterocycles. The lowest BCUT2D eigenvalue weighted by atomic mass is 10.1. The molecule has 0 fully saturated rings. The maximum Gasteiger partial charge on any atom is 0.129 e. The first-order valence-electron chi connectivity index (χ1n) is 36.4. The van der Waals surface area contributed by atoms with Crippen molar-refractivity contribution < 1.29 is 26.3 Å². The second-order valence-corrected chi connectivity index (χ2v) is 30.5. The molecule has 0 heterocycles. The van der Waals surface area contributed by atoms with Crippen LogP contribution in [0.3, 0.4) is 0 Å². The van der Waals surface area contributed by atoms with E-state index < -0.39 is 11.6 Å². The van der Waals surface area contributed by atoms with Crippen LogP contribution in [0.1, 0.15) is 165 Å². The highest BCUT2D eigenvalue weighted by Crippen LogP contribution is 2.21. The van der Waals surface area contributed by atoms with Gasteiger partial charge in [-0.25, -0.2) is 26.3 Å². The Hall–Kier alpha value is -8.79. The number of rotatable bonds is 1. The second-order valence-electron chi connectivity index (χ2n) is 28.0. The van der Waals surface area contributed by atoms with Crippen LogP contribution < -0.4 is 5.73 Å². The molecule has 12 rings (SSSR count). The molecule has 0 amide bonds. The van der Waals surface area contributed by atoms with Crippen molar-refractivity contribution in [2.24, 2.45) is 5.73 Å². The molecule has 0 aliphatic heterocycles. The third kappa shape index (κ3) is 44.5. The molecule has 0 atom stereocenters. The highest BCUT2D eigenvalue weighted by Gasteiger charge is 2.05. The fourth-order valence-corrected chi connectivity index (χ4v) is 10.6. The summed E-state index contributed by atoms with van der Waals surface area (Å²) in [5.74, 6) is -1.88. The van der Waals surface area contributed by atoms with Gasteiger partial charge in [0.15, 0.2) is 0 Å². The minimum Gasteiger partial charge on any atom is -0.326 e. The zero-order valence-electron chi connectivity index (χ0n) is 69.7. The number of hydrogen-bond donors (Lipinski definition) is 1. The van der Waals surface area contributed by atoms with Crippen molar-refractivity contribution in [1.82, 2.24) is 0 Å². The summed E-state index contributed by atoms with van der Waals surface area (Å²) in [4.78, 5) is 0. The quantitative estimate of drug-likeness (QED) is 0.167. The summed E-state index contributed by atoms with van der Waals surface area (Å²) in [6.45, 7) is 49.2. The number of benzene rings is 12. The Morgan fingerprint density at radius 3 is 0.779 bits per heavy atom. The lowest BCUT2D eigenvalue weighted by Gasteiger charge is -2.02. The average Bonchev–Trinajstić information content (AvgIpc) is 0.870. The number of hydrogen-bond acceptors (Lipinski definition) is 2. The third-order valence-corrected chi connectivity index (χ3v) is 19.5. The van der Waals surface area contributed by atoms with E-state index in [1.54, 1.807) is 32.9 Å². The molecule has 12 heteroatoms. The first-order chi connectivity index (χ1) is 51.9. The predicted molar refractivity (Wildman–Crippen MR) is 487 cm³/mol. The lowest BCUT2D eigenvalue weighted by molar-refractivity contribution is 0.566. The van der Waals surface area contributed by atoms with Gasteiger partial charge in [-0.05, 0) is 357 Å². The Morgan fingerprint density at radius 1 is 0.257 bits per heavy atom. The predicted octanol–water partition coefficient (Wildman–Crippen LogP) is 32.2. The topological polar surface area (TPSA) is 49.8 Å². The molecule has 12 aromatic carbocycles. The van der Waals surface area contributed by atoms with Crippen molar-refractivity contribution in [3.05, 3.63) is 416 Å². The normalized spacial score (nSPS) is 9.48. The van der Waals surface area contributed by atoms with E-state index in [0.29, 0.717) is 34.4 Å². The summed E-state index contributed by atoms with van der Waals surface area (Å²) in [5, 5.41) is 10.3. The smallest absolute Gasteiger partial charge is 0.129 e. The Bertz CT molecular complexity index is 4330. The molecular weight excluding hydrogens is 1590 g/mol. The monoisotopic (exact) mass is 1700 g/mol. The van der Waals surface area contributed by atoms with Gasteiger partial charge in [-0.15, -0.1) is 0 Å². The number of nitrogens with two attached hydrogens (primary N) is 1. The summed E-state index contributed by atoms with van der Waals surface area (Å²) in [5.41, 5.74) is 33.7. The minimum atomic E-state index is -0.475. The molecular formula is C101H122Br2Cl2F6N2. The van der Waals surface area contributed by atoms with Crippen LogP contribution in [-0.2, 0) is 6.54 Å². The average molecular weight is 1710 g/mol. The van der Waals surface area contributed by atoms with Gasteiger partial charge in [0.05, 0.1) is 11.6 Å². The van der Waals surface area contributed by atoms with Gasteiger partial charge in [-0.2, -0.15) is 5.26 Å².